The number of aryl methyl sites for hydroxylation is 3. The summed E-state index contributed by atoms with van der Waals surface area (Å²) in [5, 5.41) is 6.86. The van der Waals surface area contributed by atoms with Crippen molar-refractivity contribution in [2.45, 2.75) is 175 Å². The third-order valence-corrected chi connectivity index (χ3v) is 21.5. The molecule has 9 rings (SSSR count). The molecule has 0 saturated carbocycles. The lowest BCUT2D eigenvalue weighted by molar-refractivity contribution is 0.590. The van der Waals surface area contributed by atoms with Crippen molar-refractivity contribution in [3.8, 4) is 31.3 Å². The normalized spacial score (nSPS) is 11.9. The van der Waals surface area contributed by atoms with Gasteiger partial charge in [0.2, 0.25) is 0 Å². The number of hydrogen-bond donors (Lipinski definition) is 0. The first-order chi connectivity index (χ1) is 34.6. The molecule has 0 bridgehead atoms. The highest BCUT2D eigenvalue weighted by Crippen LogP contribution is 2.47. The summed E-state index contributed by atoms with van der Waals surface area (Å²) in [5.41, 5.74) is 12.3. The maximum atomic E-state index is 2.49. The van der Waals surface area contributed by atoms with E-state index in [1.807, 2.05) is 68.0 Å². The molecule has 70 heavy (non-hydrogen) atoms. The lowest BCUT2D eigenvalue weighted by atomic mass is 10.0. The van der Waals surface area contributed by atoms with Gasteiger partial charge < -0.3 is 4.90 Å². The summed E-state index contributed by atoms with van der Waals surface area (Å²) < 4.78 is 8.83. The number of anilines is 3. The van der Waals surface area contributed by atoms with Crippen molar-refractivity contribution in [3.63, 3.8) is 0 Å². The molecule has 0 spiro atoms. The van der Waals surface area contributed by atoms with Crippen LogP contribution in [0.1, 0.15) is 172 Å². The summed E-state index contributed by atoms with van der Waals surface area (Å²) in [7, 11) is 0. The highest BCUT2D eigenvalue weighted by atomic mass is 32.1. The monoisotopic (exact) mass is 1040 g/mol. The van der Waals surface area contributed by atoms with Crippen molar-refractivity contribution in [2.24, 2.45) is 0 Å². The van der Waals surface area contributed by atoms with Crippen LogP contribution >= 0.6 is 68.0 Å². The van der Waals surface area contributed by atoms with Gasteiger partial charge in [0.25, 0.3) is 0 Å². The van der Waals surface area contributed by atoms with Crippen molar-refractivity contribution in [1.82, 2.24) is 0 Å². The Balaban J connectivity index is 0.997. The molecule has 0 radical (unpaired) electrons. The summed E-state index contributed by atoms with van der Waals surface area (Å²) in [6, 6.07) is 35.7. The predicted molar refractivity (Wildman–Crippen MR) is 322 cm³/mol. The number of benzene rings is 3. The molecule has 7 heteroatoms. The van der Waals surface area contributed by atoms with Crippen LogP contribution in [0.2, 0.25) is 0 Å². The van der Waals surface area contributed by atoms with Crippen LogP contribution in [0.25, 0.3) is 59.5 Å². The number of unbranched alkanes of at least 4 members (excludes halogenated alkanes) is 18. The van der Waals surface area contributed by atoms with Crippen molar-refractivity contribution >= 4 is 113 Å². The van der Waals surface area contributed by atoms with Crippen LogP contribution in [0.4, 0.5) is 17.1 Å². The van der Waals surface area contributed by atoms with Crippen LogP contribution in [-0.4, -0.2) is 0 Å². The van der Waals surface area contributed by atoms with Gasteiger partial charge in [-0.1, -0.05) is 173 Å². The lowest BCUT2D eigenvalue weighted by Gasteiger charge is -2.26. The number of fused-ring (bicyclic) bond motifs is 3. The predicted octanol–water partition coefficient (Wildman–Crippen LogP) is 23.9. The second-order valence-corrected chi connectivity index (χ2v) is 25.6. The van der Waals surface area contributed by atoms with E-state index in [1.165, 1.54) is 231 Å². The van der Waals surface area contributed by atoms with E-state index >= 15 is 0 Å². The number of nitrogens with zero attached hydrogens (tertiary/aromatic N) is 1. The summed E-state index contributed by atoms with van der Waals surface area (Å²) >= 11 is 11.8. The fourth-order valence-corrected chi connectivity index (χ4v) is 17.8. The maximum absolute atomic E-state index is 2.49. The van der Waals surface area contributed by atoms with Gasteiger partial charge in [-0.15, -0.1) is 68.0 Å². The molecular formula is C63H75NS6. The Labute approximate surface area is 444 Å². The first-order valence-corrected chi connectivity index (χ1v) is 32.3. The van der Waals surface area contributed by atoms with E-state index < -0.39 is 0 Å². The summed E-state index contributed by atoms with van der Waals surface area (Å²) in [6.07, 6.45) is 31.7. The third kappa shape index (κ3) is 12.6. The minimum atomic E-state index is 1.17. The lowest BCUT2D eigenvalue weighted by Crippen LogP contribution is -2.09. The van der Waals surface area contributed by atoms with E-state index in [2.05, 4.69) is 133 Å². The molecule has 0 aliphatic rings. The van der Waals surface area contributed by atoms with Crippen molar-refractivity contribution in [1.29, 1.82) is 0 Å². The van der Waals surface area contributed by atoms with Crippen molar-refractivity contribution in [3.05, 3.63) is 124 Å². The van der Waals surface area contributed by atoms with E-state index in [1.54, 1.807) is 16.7 Å². The second-order valence-electron chi connectivity index (χ2n) is 19.7. The zero-order valence-electron chi connectivity index (χ0n) is 42.3. The molecule has 6 heterocycles. The molecule has 6 aromatic heterocycles. The minimum absolute atomic E-state index is 1.17. The molecule has 0 N–H and O–H groups in total. The standard InChI is InChI=1S/C63H75NS6/c1-4-7-10-13-16-19-22-25-52-58(68-55-40-43-65-61(52)55)46-28-34-49(35-29-46)64(50-36-30-47(31-37-50)59-53(62-56(69-59)41-44-66-62)26-23-20-17-14-11-8-5-2)51-38-32-48(33-39-51)60-54(63-57(70-60)42-45-67-63)27-24-21-18-15-12-9-6-3/h28-45H,4-27H2,1-3H3. The Kier molecular flexibility index (Phi) is 19.4. The minimum Gasteiger partial charge on any atom is -0.311 e. The maximum Gasteiger partial charge on any atom is 0.0489 e. The Morgan fingerprint density at radius 1 is 0.300 bits per heavy atom. The van der Waals surface area contributed by atoms with E-state index in [0.29, 0.717) is 0 Å². The Morgan fingerprint density at radius 3 is 0.829 bits per heavy atom. The van der Waals surface area contributed by atoms with Crippen LogP contribution in [-0.2, 0) is 19.3 Å². The Morgan fingerprint density at radius 2 is 0.557 bits per heavy atom. The zero-order chi connectivity index (χ0) is 47.9. The zero-order valence-corrected chi connectivity index (χ0v) is 47.2. The molecular weight excluding hydrogens is 963 g/mol. The number of hydrogen-bond acceptors (Lipinski definition) is 7. The molecule has 0 aliphatic carbocycles. The van der Waals surface area contributed by atoms with Gasteiger partial charge in [0, 0.05) is 59.9 Å². The van der Waals surface area contributed by atoms with Gasteiger partial charge in [-0.2, -0.15) is 0 Å². The van der Waals surface area contributed by atoms with E-state index in [0.717, 1.165) is 0 Å². The van der Waals surface area contributed by atoms with Gasteiger partial charge in [-0.3, -0.25) is 0 Å². The summed E-state index contributed by atoms with van der Waals surface area (Å²) in [6.45, 7) is 6.93. The molecule has 3 aromatic carbocycles. The SMILES string of the molecule is CCCCCCCCCc1c(-c2ccc(N(c3ccc(-c4sc5ccsc5c4CCCCCCCCC)cc3)c3ccc(-c4sc5ccsc5c4CCCCCCCCC)cc3)cc2)sc2ccsc12. The van der Waals surface area contributed by atoms with Crippen LogP contribution in [0.15, 0.2) is 107 Å². The molecule has 0 fully saturated rings. The molecule has 0 aliphatic heterocycles. The van der Waals surface area contributed by atoms with Crippen molar-refractivity contribution < 1.29 is 0 Å². The van der Waals surface area contributed by atoms with E-state index in [-0.39, 0.29) is 0 Å². The smallest absolute Gasteiger partial charge is 0.0489 e. The quantitative estimate of drug-likeness (QED) is 0.0406. The van der Waals surface area contributed by atoms with Crippen molar-refractivity contribution in [2.75, 3.05) is 4.90 Å². The fraction of sp³-hybridized carbons (Fsp3) is 0.429. The fourth-order valence-electron chi connectivity index (χ4n) is 10.5. The highest BCUT2D eigenvalue weighted by Gasteiger charge is 2.21. The Bertz CT molecular complexity index is 2610. The molecule has 9 aromatic rings. The average molecular weight is 1040 g/mol. The summed E-state index contributed by atoms with van der Waals surface area (Å²) in [5.74, 6) is 0. The van der Waals surface area contributed by atoms with Crippen LogP contribution in [0, 0.1) is 0 Å². The molecule has 368 valence electrons. The van der Waals surface area contributed by atoms with Crippen LogP contribution in [0.3, 0.4) is 0 Å². The van der Waals surface area contributed by atoms with E-state index in [4.69, 9.17) is 0 Å². The van der Waals surface area contributed by atoms with Gasteiger partial charge >= 0.3 is 0 Å². The van der Waals surface area contributed by atoms with E-state index in [9.17, 15) is 0 Å². The average Bonchev–Trinajstić information content (AvgIpc) is 4.26. The van der Waals surface area contributed by atoms with Gasteiger partial charge in [-0.25, -0.2) is 0 Å². The molecule has 1 nitrogen and oxygen atoms in total. The highest BCUT2D eigenvalue weighted by molar-refractivity contribution is 7.30. The van der Waals surface area contributed by atoms with Gasteiger partial charge in [0.1, 0.15) is 0 Å². The van der Waals surface area contributed by atoms with Gasteiger partial charge in [0.05, 0.1) is 0 Å². The largest absolute Gasteiger partial charge is 0.311 e. The van der Waals surface area contributed by atoms with Gasteiger partial charge in [-0.05, 0) is 143 Å². The first kappa shape index (κ1) is 51.3. The van der Waals surface area contributed by atoms with Crippen LogP contribution < -0.4 is 4.90 Å². The third-order valence-electron chi connectivity index (χ3n) is 14.4. The number of rotatable bonds is 30. The molecule has 0 amide bonds. The topological polar surface area (TPSA) is 3.24 Å². The molecule has 0 saturated heterocycles. The number of thiophene rings is 6. The second kappa shape index (κ2) is 26.4. The molecule has 0 atom stereocenters. The first-order valence-electron chi connectivity index (χ1n) is 27.2. The Hall–Kier alpha value is -3.56. The van der Waals surface area contributed by atoms with Crippen LogP contribution in [0.5, 0.6) is 0 Å². The molecule has 0 unspecified atom stereocenters. The van der Waals surface area contributed by atoms with Gasteiger partial charge in [0.15, 0.2) is 0 Å². The summed E-state index contributed by atoms with van der Waals surface area (Å²) in [4.78, 5) is 6.88.